The van der Waals surface area contributed by atoms with Crippen LogP contribution in [0.4, 0.5) is 5.95 Å². The van der Waals surface area contributed by atoms with Crippen molar-refractivity contribution >= 4 is 41.6 Å². The highest BCUT2D eigenvalue weighted by atomic mass is 31.2. The van der Waals surface area contributed by atoms with E-state index >= 15 is 0 Å². The van der Waals surface area contributed by atoms with Crippen LogP contribution in [0.1, 0.15) is 47.3 Å². The van der Waals surface area contributed by atoms with Crippen LogP contribution in [0.25, 0.3) is 21.9 Å². The zero-order valence-electron chi connectivity index (χ0n) is 24.6. The highest BCUT2D eigenvalue weighted by molar-refractivity contribution is 7.52. The SMILES string of the molecule is CC1=C(COP(=O)(N[C@@H](C)C(=O)OCC(C)(C)C)Oc2cccc3ccccc23)O[C@@H](n2cnc3c(=O)[nH]c(N)nc32)C1. The van der Waals surface area contributed by atoms with Crippen molar-refractivity contribution in [1.29, 1.82) is 0 Å². The molecule has 0 amide bonds. The van der Waals surface area contributed by atoms with Crippen LogP contribution >= 0.6 is 7.75 Å². The zero-order chi connectivity index (χ0) is 30.9. The van der Waals surface area contributed by atoms with Gasteiger partial charge in [-0.05, 0) is 36.3 Å². The van der Waals surface area contributed by atoms with Crippen molar-refractivity contribution < 1.29 is 27.9 Å². The molecule has 0 spiro atoms. The lowest BCUT2D eigenvalue weighted by Gasteiger charge is -2.25. The zero-order valence-corrected chi connectivity index (χ0v) is 25.5. The molecule has 4 N–H and O–H groups in total. The first-order valence-electron chi connectivity index (χ1n) is 13.8. The lowest BCUT2D eigenvalue weighted by Crippen LogP contribution is -2.36. The Bertz CT molecular complexity index is 1800. The summed E-state index contributed by atoms with van der Waals surface area (Å²) in [5, 5.41) is 4.34. The molecule has 3 heterocycles. The minimum atomic E-state index is -4.19. The third-order valence-electron chi connectivity index (χ3n) is 6.68. The molecule has 0 fully saturated rings. The maximum atomic E-state index is 14.2. The van der Waals surface area contributed by atoms with Gasteiger partial charge in [0.2, 0.25) is 5.95 Å². The number of aromatic nitrogens is 4. The van der Waals surface area contributed by atoms with Gasteiger partial charge in [-0.2, -0.15) is 10.1 Å². The second-order valence-electron chi connectivity index (χ2n) is 11.6. The van der Waals surface area contributed by atoms with E-state index in [1.54, 1.807) is 16.7 Å². The topological polar surface area (TPSA) is 173 Å². The van der Waals surface area contributed by atoms with Crippen LogP contribution in [-0.4, -0.2) is 44.7 Å². The standard InChI is InChI=1S/C29H35N6O7P/c1-17-13-23(35-16-31-24-25(35)32-28(30)33-26(24)36)41-22(17)14-40-43(38,34-18(2)27(37)39-15-29(3,4)5)42-21-12-8-10-19-9-6-7-11-20(19)21/h6-12,16,18,23H,13-15H2,1-5H3,(H,34,38)(H3,30,32,33,36)/t18-,23+,43?/m0/s1. The Balaban J connectivity index is 1.36. The fourth-order valence-corrected chi connectivity index (χ4v) is 5.95. The fraction of sp³-hybridized carbons (Fsp3) is 0.379. The molecule has 0 aliphatic carbocycles. The Kier molecular flexibility index (Phi) is 8.33. The van der Waals surface area contributed by atoms with Crippen LogP contribution in [0.15, 0.2) is 64.9 Å². The number of nitrogens with zero attached hydrogens (tertiary/aromatic N) is 3. The summed E-state index contributed by atoms with van der Waals surface area (Å²) in [4.78, 5) is 35.8. The minimum absolute atomic E-state index is 0.0433. The van der Waals surface area contributed by atoms with E-state index in [9.17, 15) is 14.2 Å². The molecular formula is C29H35N6O7P. The molecule has 0 saturated heterocycles. The lowest BCUT2D eigenvalue weighted by atomic mass is 9.99. The van der Waals surface area contributed by atoms with Gasteiger partial charge in [0.25, 0.3) is 5.56 Å². The van der Waals surface area contributed by atoms with Gasteiger partial charge in [0, 0.05) is 11.8 Å². The average molecular weight is 611 g/mol. The van der Waals surface area contributed by atoms with Gasteiger partial charge in [-0.1, -0.05) is 57.2 Å². The van der Waals surface area contributed by atoms with E-state index < -0.39 is 31.5 Å². The number of H-pyrrole nitrogens is 1. The van der Waals surface area contributed by atoms with Crippen LogP contribution in [0.5, 0.6) is 5.75 Å². The smallest absolute Gasteiger partial charge is 0.459 e. The molecule has 2 aromatic carbocycles. The third-order valence-corrected chi connectivity index (χ3v) is 8.29. The summed E-state index contributed by atoms with van der Waals surface area (Å²) in [5.74, 6) is 0.0925. The van der Waals surface area contributed by atoms with Crippen molar-refractivity contribution in [3.05, 3.63) is 70.5 Å². The van der Waals surface area contributed by atoms with E-state index in [1.165, 1.54) is 13.3 Å². The lowest BCUT2D eigenvalue weighted by molar-refractivity contribution is -0.148. The average Bonchev–Trinajstić information content (AvgIpc) is 3.53. The number of carbonyl (C=O) groups excluding carboxylic acids is 1. The second-order valence-corrected chi connectivity index (χ2v) is 13.3. The van der Waals surface area contributed by atoms with Gasteiger partial charge in [-0.25, -0.2) is 9.55 Å². The Morgan fingerprint density at radius 3 is 2.77 bits per heavy atom. The van der Waals surface area contributed by atoms with Crippen molar-refractivity contribution in [3.8, 4) is 5.75 Å². The summed E-state index contributed by atoms with van der Waals surface area (Å²) in [7, 11) is -4.19. The van der Waals surface area contributed by atoms with E-state index in [4.69, 9.17) is 24.3 Å². The van der Waals surface area contributed by atoms with Crippen molar-refractivity contribution in [3.63, 3.8) is 0 Å². The van der Waals surface area contributed by atoms with Gasteiger partial charge in [-0.3, -0.25) is 23.7 Å². The van der Waals surface area contributed by atoms with Gasteiger partial charge in [0.1, 0.15) is 30.5 Å². The van der Waals surface area contributed by atoms with Gasteiger partial charge >= 0.3 is 13.7 Å². The molecule has 1 aliphatic heterocycles. The first-order valence-corrected chi connectivity index (χ1v) is 15.3. The number of hydrogen-bond donors (Lipinski definition) is 3. The Morgan fingerprint density at radius 1 is 1.26 bits per heavy atom. The maximum Gasteiger partial charge on any atom is 0.459 e. The van der Waals surface area contributed by atoms with Crippen LogP contribution in [0.3, 0.4) is 0 Å². The van der Waals surface area contributed by atoms with Crippen LogP contribution in [0, 0.1) is 5.41 Å². The highest BCUT2D eigenvalue weighted by Crippen LogP contribution is 2.48. The number of nitrogens with one attached hydrogen (secondary N) is 2. The molecular weight excluding hydrogens is 575 g/mol. The molecule has 5 rings (SSSR count). The van der Waals surface area contributed by atoms with Crippen molar-refractivity contribution in [2.24, 2.45) is 5.41 Å². The molecule has 1 unspecified atom stereocenters. The largest absolute Gasteiger partial charge is 0.472 e. The van der Waals surface area contributed by atoms with Crippen LogP contribution < -0.4 is 20.9 Å². The molecule has 13 nitrogen and oxygen atoms in total. The number of rotatable bonds is 10. The Labute approximate surface area is 248 Å². The molecule has 2 aromatic heterocycles. The van der Waals surface area contributed by atoms with Gasteiger partial charge < -0.3 is 19.7 Å². The molecule has 0 radical (unpaired) electrons. The number of anilines is 1. The van der Waals surface area contributed by atoms with E-state index in [1.807, 2.05) is 58.0 Å². The van der Waals surface area contributed by atoms with Crippen molar-refractivity contribution in [2.75, 3.05) is 18.9 Å². The number of benzene rings is 2. The predicted molar refractivity (Wildman–Crippen MR) is 161 cm³/mol. The third kappa shape index (κ3) is 6.90. The van der Waals surface area contributed by atoms with Gasteiger partial charge in [-0.15, -0.1) is 0 Å². The molecule has 1 aliphatic rings. The van der Waals surface area contributed by atoms with Gasteiger partial charge in [0.05, 0.1) is 6.61 Å². The predicted octanol–water partition coefficient (Wildman–Crippen LogP) is 4.82. The van der Waals surface area contributed by atoms with Crippen molar-refractivity contribution in [1.82, 2.24) is 24.6 Å². The molecule has 4 aromatic rings. The fourth-order valence-electron chi connectivity index (χ4n) is 4.49. The molecule has 43 heavy (non-hydrogen) atoms. The Morgan fingerprint density at radius 2 is 2.00 bits per heavy atom. The van der Waals surface area contributed by atoms with Crippen LogP contribution in [-0.2, 0) is 23.4 Å². The summed E-state index contributed by atoms with van der Waals surface area (Å²) < 4.78 is 39.3. The first-order chi connectivity index (χ1) is 20.3. The monoisotopic (exact) mass is 610 g/mol. The van der Waals surface area contributed by atoms with E-state index in [-0.39, 0.29) is 35.7 Å². The van der Waals surface area contributed by atoms with Crippen LogP contribution in [0.2, 0.25) is 0 Å². The van der Waals surface area contributed by atoms with E-state index in [0.717, 1.165) is 16.3 Å². The quantitative estimate of drug-likeness (QED) is 0.166. The molecule has 14 heteroatoms. The summed E-state index contributed by atoms with van der Waals surface area (Å²) >= 11 is 0. The second kappa shape index (κ2) is 11.8. The molecule has 0 bridgehead atoms. The Hall–Kier alpha value is -4.19. The van der Waals surface area contributed by atoms with E-state index in [2.05, 4.69) is 20.0 Å². The number of nitrogen functional groups attached to an aromatic ring is 1. The number of aromatic amines is 1. The molecule has 0 saturated carbocycles. The summed E-state index contributed by atoms with van der Waals surface area (Å²) in [6.45, 7) is 9.16. The number of fused-ring (bicyclic) bond motifs is 2. The number of imidazole rings is 1. The highest BCUT2D eigenvalue weighted by Gasteiger charge is 2.35. The number of nitrogens with two attached hydrogens (primary N) is 1. The first kappa shape index (κ1) is 30.3. The van der Waals surface area contributed by atoms with Crippen molar-refractivity contribution in [2.45, 2.75) is 53.3 Å². The number of carbonyl (C=O) groups is 1. The summed E-state index contributed by atoms with van der Waals surface area (Å²) in [5.41, 5.74) is 6.25. The molecule has 3 atom stereocenters. The number of esters is 1. The molecule has 228 valence electrons. The maximum absolute atomic E-state index is 14.2. The summed E-state index contributed by atoms with van der Waals surface area (Å²) in [6.07, 6.45) is 1.29. The van der Waals surface area contributed by atoms with Gasteiger partial charge in [0.15, 0.2) is 17.4 Å². The van der Waals surface area contributed by atoms with E-state index in [0.29, 0.717) is 17.9 Å². The minimum Gasteiger partial charge on any atom is -0.472 e. The number of hydrogen-bond acceptors (Lipinski definition) is 10. The summed E-state index contributed by atoms with van der Waals surface area (Å²) in [6, 6.07) is 11.8. The normalized spacial score (nSPS) is 17.6. The number of ether oxygens (including phenoxy) is 2.